The number of nitrogens with one attached hydrogen (secondary N) is 2. The molecule has 2 aromatic heterocycles. The maximum atomic E-state index is 10.3. The first-order valence-electron chi connectivity index (χ1n) is 27.0. The lowest BCUT2D eigenvalue weighted by Gasteiger charge is -2.40. The van der Waals surface area contributed by atoms with Gasteiger partial charge in [0.2, 0.25) is 11.4 Å². The number of nitrogens with zero attached hydrogens (tertiary/aromatic N) is 6. The van der Waals surface area contributed by atoms with E-state index in [1.54, 1.807) is 36.5 Å². The average molecular weight is 1150 g/mol. The fourth-order valence-corrected chi connectivity index (χ4v) is 11.3. The maximum absolute atomic E-state index is 10.3. The van der Waals surface area contributed by atoms with Crippen LogP contribution in [0.25, 0.3) is 30.8 Å². The number of aliphatic hydroxyl groups is 1. The summed E-state index contributed by atoms with van der Waals surface area (Å²) in [4.78, 5) is 6.91. The van der Waals surface area contributed by atoms with Crippen LogP contribution >= 0.6 is 45.9 Å². The number of aromatic nitrogens is 4. The summed E-state index contributed by atoms with van der Waals surface area (Å²) in [5.41, 5.74) is 6.10. The van der Waals surface area contributed by atoms with Crippen LogP contribution in [0.3, 0.4) is 0 Å². The van der Waals surface area contributed by atoms with Gasteiger partial charge in [-0.1, -0.05) is 244 Å². The minimum Gasteiger partial charge on any atom is -0.412 e. The summed E-state index contributed by atoms with van der Waals surface area (Å²) in [5, 5.41) is 38.9. The SMILES string of the molecule is CCCCCCCC.CCCCCCCC.NF.[C-]#[N+]c1ccc(N[C@@H](c2nnc(-c3ccccc3)s2)[C@@H](C)O)c(C)c1Cl.[C-]#[N+]c1ccc(N[C@@H](c2nnc(-c3ccccc3)s2)[C@@H](C)O[Si](C)(C)C(C)(C)C)c(C)c1Cl. The lowest BCUT2D eigenvalue weighted by Crippen LogP contribution is -2.45. The first-order valence-corrected chi connectivity index (χ1v) is 32.3. The number of hydrogen-bond donors (Lipinski definition) is 4. The second-order valence-corrected chi connectivity index (χ2v) is 27.9. The number of unbranched alkanes of at least 4 members (excludes halogenated alkanes) is 10. The number of nitrogens with two attached hydrogens (primary N) is 1. The highest BCUT2D eigenvalue weighted by Gasteiger charge is 2.40. The van der Waals surface area contributed by atoms with E-state index >= 15 is 0 Å². The summed E-state index contributed by atoms with van der Waals surface area (Å²) >= 11 is 15.7. The van der Waals surface area contributed by atoms with Crippen LogP contribution in [0.5, 0.6) is 0 Å². The monoisotopic (exact) mass is 1150 g/mol. The van der Waals surface area contributed by atoms with E-state index in [0.717, 1.165) is 48.7 Å². The molecular weight excluding hydrogens is 1060 g/mol. The largest absolute Gasteiger partial charge is 0.412 e. The molecule has 2 heterocycles. The zero-order valence-electron chi connectivity index (χ0n) is 47.9. The zero-order chi connectivity index (χ0) is 57.6. The fourth-order valence-electron chi connectivity index (χ4n) is 7.46. The Kier molecular flexibility index (Phi) is 32.3. The Morgan fingerprint density at radius 2 is 0.961 bits per heavy atom. The molecule has 0 radical (unpaired) electrons. The number of hydrogen-bond acceptors (Lipinski definition) is 11. The quantitative estimate of drug-likeness (QED) is 0.0226. The molecular formula is C60H86Cl2FN9O2S2Si. The molecule has 0 unspecified atom stereocenters. The third-order valence-corrected chi connectivity index (χ3v) is 20.8. The summed E-state index contributed by atoms with van der Waals surface area (Å²) < 4.78 is 15.8. The molecule has 0 fully saturated rings. The van der Waals surface area contributed by atoms with E-state index in [0.29, 0.717) is 26.4 Å². The van der Waals surface area contributed by atoms with Crippen LogP contribution in [0, 0.1) is 27.0 Å². The zero-order valence-corrected chi connectivity index (χ0v) is 52.1. The van der Waals surface area contributed by atoms with Crippen molar-refractivity contribution >= 4 is 76.9 Å². The van der Waals surface area contributed by atoms with Gasteiger partial charge in [-0.25, -0.2) is 9.69 Å². The Labute approximate surface area is 480 Å². The van der Waals surface area contributed by atoms with Crippen molar-refractivity contribution in [3.05, 3.63) is 139 Å². The Balaban J connectivity index is 0.000000406. The highest BCUT2D eigenvalue weighted by molar-refractivity contribution is 7.15. The third kappa shape index (κ3) is 22.5. The standard InChI is InChI=1S/C25H31ClN4OSSi.C19H17ClN4OS.2C8H18.FH2N/c1-16-19(14-15-20(27-6)21(16)26)28-22(17(2)31-33(7,8)25(3,4)5)24-30-29-23(32-24)18-12-10-9-11-13-18;1-11-14(9-10-15(21-3)16(11)20)22-17(12(2)25)19-24-23-18(26-19)13-7-5-4-6-8-13;2*1-3-5-7-8-6-4-2;1-2/h9-15,17,22,28H,1-5,7-8H3;4-10,12,17,22,25H,1-2H3;2*3-8H2,1-2H3;2H2/t17-,22-;12-,17-;;;/m11.../s1. The van der Waals surface area contributed by atoms with Gasteiger partial charge < -0.3 is 20.2 Å². The predicted octanol–water partition coefficient (Wildman–Crippen LogP) is 20.1. The minimum absolute atomic E-state index is 0.0820. The number of rotatable bonds is 22. The van der Waals surface area contributed by atoms with E-state index in [1.807, 2.05) is 80.6 Å². The van der Waals surface area contributed by atoms with E-state index < -0.39 is 20.5 Å². The lowest BCUT2D eigenvalue weighted by atomic mass is 10.1. The molecule has 0 amide bonds. The van der Waals surface area contributed by atoms with Crippen LogP contribution in [-0.4, -0.2) is 46.0 Å². The molecule has 4 atom stereocenters. The Morgan fingerprint density at radius 3 is 1.29 bits per heavy atom. The van der Waals surface area contributed by atoms with Crippen molar-refractivity contribution in [2.45, 2.75) is 196 Å². The van der Waals surface area contributed by atoms with Crippen molar-refractivity contribution in [3.63, 3.8) is 0 Å². The molecule has 0 aliphatic rings. The van der Waals surface area contributed by atoms with Gasteiger partial charge in [-0.2, -0.15) is 5.96 Å². The summed E-state index contributed by atoms with van der Waals surface area (Å²) in [6.45, 7) is 42.3. The van der Waals surface area contributed by atoms with Crippen LogP contribution in [0.15, 0.2) is 84.9 Å². The molecule has 4 aromatic carbocycles. The van der Waals surface area contributed by atoms with Crippen molar-refractivity contribution < 1.29 is 14.0 Å². The van der Waals surface area contributed by atoms with Gasteiger partial charge in [-0.3, -0.25) is 0 Å². The smallest absolute Gasteiger partial charge is 0.205 e. The summed E-state index contributed by atoms with van der Waals surface area (Å²) in [5.74, 6) is 3.00. The van der Waals surface area contributed by atoms with E-state index in [4.69, 9.17) is 45.3 Å². The fraction of sp³-hybridized carbons (Fsp3) is 0.500. The van der Waals surface area contributed by atoms with Crippen LogP contribution in [0.4, 0.5) is 27.2 Å². The van der Waals surface area contributed by atoms with Crippen LogP contribution in [0.2, 0.25) is 28.2 Å². The minimum atomic E-state index is -2.03. The second kappa shape index (κ2) is 36.4. The average Bonchev–Trinajstić information content (AvgIpc) is 4.13. The van der Waals surface area contributed by atoms with Gasteiger partial charge in [0.1, 0.15) is 32.1 Å². The van der Waals surface area contributed by atoms with E-state index in [-0.39, 0.29) is 17.2 Å². The predicted molar refractivity (Wildman–Crippen MR) is 331 cm³/mol. The highest BCUT2D eigenvalue weighted by atomic mass is 35.5. The van der Waals surface area contributed by atoms with Crippen molar-refractivity contribution in [1.82, 2.24) is 20.4 Å². The maximum Gasteiger partial charge on any atom is 0.205 e. The van der Waals surface area contributed by atoms with Gasteiger partial charge in [0.25, 0.3) is 0 Å². The van der Waals surface area contributed by atoms with E-state index in [1.165, 1.54) is 88.4 Å². The Hall–Kier alpha value is -4.81. The Morgan fingerprint density at radius 1 is 0.610 bits per heavy atom. The molecule has 0 bridgehead atoms. The molecule has 0 spiro atoms. The van der Waals surface area contributed by atoms with Gasteiger partial charge in [-0.05, 0) is 69.1 Å². The van der Waals surface area contributed by atoms with Crippen LogP contribution < -0.4 is 16.6 Å². The Bertz CT molecular complexity index is 2650. The van der Waals surface area contributed by atoms with Gasteiger partial charge >= 0.3 is 0 Å². The lowest BCUT2D eigenvalue weighted by molar-refractivity contribution is 0.171. The van der Waals surface area contributed by atoms with Gasteiger partial charge in [0, 0.05) is 22.5 Å². The van der Waals surface area contributed by atoms with Crippen LogP contribution in [-0.2, 0) is 4.43 Å². The first kappa shape index (κ1) is 68.3. The molecule has 5 N–H and O–H groups in total. The number of aliphatic hydroxyl groups excluding tert-OH is 1. The molecule has 420 valence electrons. The summed E-state index contributed by atoms with van der Waals surface area (Å²) in [7, 11) is -2.03. The molecule has 6 rings (SSSR count). The molecule has 0 saturated carbocycles. The van der Waals surface area contributed by atoms with E-state index in [9.17, 15) is 5.11 Å². The van der Waals surface area contributed by atoms with Crippen molar-refractivity contribution in [2.75, 3.05) is 10.6 Å². The molecule has 6 aromatic rings. The van der Waals surface area contributed by atoms with Gasteiger partial charge in [-0.15, -0.1) is 24.9 Å². The molecule has 77 heavy (non-hydrogen) atoms. The second-order valence-electron chi connectivity index (χ2n) is 20.4. The van der Waals surface area contributed by atoms with Gasteiger partial charge in [0.05, 0.1) is 35.4 Å². The first-order chi connectivity index (χ1) is 36.8. The van der Waals surface area contributed by atoms with E-state index in [2.05, 4.69) is 115 Å². The topological polar surface area (TPSA) is 140 Å². The van der Waals surface area contributed by atoms with Crippen molar-refractivity contribution in [1.29, 1.82) is 0 Å². The van der Waals surface area contributed by atoms with Crippen molar-refractivity contribution in [3.8, 4) is 21.1 Å². The van der Waals surface area contributed by atoms with Gasteiger partial charge in [0.15, 0.2) is 8.32 Å². The highest BCUT2D eigenvalue weighted by Crippen LogP contribution is 2.42. The molecule has 0 saturated heterocycles. The molecule has 17 heteroatoms. The molecule has 11 nitrogen and oxygen atoms in total. The molecule has 0 aliphatic carbocycles. The normalized spacial score (nSPS) is 12.5. The number of anilines is 2. The summed E-state index contributed by atoms with van der Waals surface area (Å²) in [6.07, 6.45) is 16.1. The third-order valence-electron chi connectivity index (χ3n) is 13.2. The number of benzene rings is 4. The van der Waals surface area contributed by atoms with Crippen molar-refractivity contribution in [2.24, 2.45) is 5.96 Å². The number of halogens is 3. The van der Waals surface area contributed by atoms with Crippen LogP contribution in [0.1, 0.15) is 173 Å². The summed E-state index contributed by atoms with van der Waals surface area (Å²) in [6, 6.07) is 26.3. The molecule has 0 aliphatic heterocycles.